The molecule has 0 saturated carbocycles. The van der Waals surface area contributed by atoms with Gasteiger partial charge in [0.2, 0.25) is 5.91 Å². The van der Waals surface area contributed by atoms with Gasteiger partial charge in [-0.2, -0.15) is 0 Å². The average molecular weight is 433 g/mol. The van der Waals surface area contributed by atoms with Crippen molar-refractivity contribution in [1.82, 2.24) is 9.13 Å². The number of aliphatic hydroxyl groups is 1. The number of nitrogen functional groups attached to an aromatic ring is 1. The van der Waals surface area contributed by atoms with E-state index in [9.17, 15) is 14.4 Å². The first-order chi connectivity index (χ1) is 12.9. The number of hydrogen-bond donors (Lipinski definition) is 3. The van der Waals surface area contributed by atoms with Crippen molar-refractivity contribution in [3.8, 4) is 12.3 Å². The zero-order chi connectivity index (χ0) is 20.0. The maximum Gasteiger partial charge on any atom is 0.333 e. The van der Waals surface area contributed by atoms with Crippen molar-refractivity contribution in [2.45, 2.75) is 13.1 Å². The molecule has 1 aromatic heterocycles. The van der Waals surface area contributed by atoms with Gasteiger partial charge in [0.15, 0.2) is 0 Å². The Bertz CT molecular complexity index is 1050. The number of carbonyl (C=O) groups is 1. The Balaban J connectivity index is 2.40. The minimum atomic E-state index is -0.811. The molecule has 0 saturated heterocycles. The Morgan fingerprint density at radius 1 is 1.37 bits per heavy atom. The molecule has 0 aliphatic carbocycles. The fraction of sp³-hybridized carbons (Fsp3) is 0.167. The summed E-state index contributed by atoms with van der Waals surface area (Å²) in [6.45, 7) is -0.819. The van der Waals surface area contributed by atoms with Crippen LogP contribution in [0.15, 0.2) is 44.4 Å². The normalized spacial score (nSPS) is 10.7. The van der Waals surface area contributed by atoms with Crippen LogP contribution in [0.4, 0.5) is 11.5 Å². The molecular weight excluding hydrogens is 416 g/mol. The van der Waals surface area contributed by atoms with Gasteiger partial charge < -0.3 is 16.2 Å². The second-order valence-electron chi connectivity index (χ2n) is 5.39. The van der Waals surface area contributed by atoms with E-state index in [0.29, 0.717) is 0 Å². The predicted octanol–water partition coefficient (Wildman–Crippen LogP) is 0.632. The van der Waals surface area contributed by atoms with Crippen LogP contribution in [0.3, 0.4) is 0 Å². The third-order valence-corrected chi connectivity index (χ3v) is 4.06. The van der Waals surface area contributed by atoms with Crippen LogP contribution in [-0.4, -0.2) is 26.8 Å². The summed E-state index contributed by atoms with van der Waals surface area (Å²) >= 11 is 3.33. The zero-order valence-corrected chi connectivity index (χ0v) is 15.8. The van der Waals surface area contributed by atoms with E-state index in [0.717, 1.165) is 19.2 Å². The zero-order valence-electron chi connectivity index (χ0n) is 14.2. The van der Waals surface area contributed by atoms with E-state index in [1.54, 1.807) is 18.2 Å². The van der Waals surface area contributed by atoms with E-state index in [1.165, 1.54) is 6.08 Å². The monoisotopic (exact) mass is 432 g/mol. The van der Waals surface area contributed by atoms with Gasteiger partial charge in [0.05, 0.1) is 19.7 Å². The van der Waals surface area contributed by atoms with Crippen molar-refractivity contribution in [2.75, 3.05) is 17.7 Å². The first-order valence-electron chi connectivity index (χ1n) is 7.81. The number of benzene rings is 1. The number of halogens is 1. The Labute approximate surface area is 163 Å². The summed E-state index contributed by atoms with van der Waals surface area (Å²) in [5.74, 6) is 1.34. The van der Waals surface area contributed by atoms with Gasteiger partial charge >= 0.3 is 5.69 Å². The number of anilines is 2. The lowest BCUT2D eigenvalue weighted by Crippen LogP contribution is -2.43. The molecule has 4 N–H and O–H groups in total. The molecule has 2 rings (SSSR count). The number of aromatic nitrogens is 2. The molecule has 0 fully saturated rings. The van der Waals surface area contributed by atoms with Crippen LogP contribution in [0.5, 0.6) is 0 Å². The Morgan fingerprint density at radius 3 is 2.74 bits per heavy atom. The maximum atomic E-state index is 12.5. The highest BCUT2D eigenvalue weighted by Crippen LogP contribution is 2.14. The standard InChI is InChI=1S/C18H17BrN4O4/c1-2-8-23-17(26)15(16(20)22(9-10-24)18(23)27)21-14(25)7-6-12-4-3-5-13(19)11-12/h1,3-7,11,24H,8-10,20H2,(H,21,25)/b7-6+. The summed E-state index contributed by atoms with van der Waals surface area (Å²) in [6.07, 6.45) is 7.98. The molecule has 1 aromatic carbocycles. The Hall–Kier alpha value is -3.09. The first-order valence-corrected chi connectivity index (χ1v) is 8.60. The number of nitrogens with one attached hydrogen (secondary N) is 1. The first kappa shape index (κ1) is 20.2. The molecule has 27 heavy (non-hydrogen) atoms. The summed E-state index contributed by atoms with van der Waals surface area (Å²) in [6, 6.07) is 7.25. The van der Waals surface area contributed by atoms with Crippen LogP contribution in [0.2, 0.25) is 0 Å². The van der Waals surface area contributed by atoms with Gasteiger partial charge in [-0.15, -0.1) is 6.42 Å². The number of terminal acetylenes is 1. The van der Waals surface area contributed by atoms with Crippen molar-refractivity contribution in [1.29, 1.82) is 0 Å². The van der Waals surface area contributed by atoms with Crippen molar-refractivity contribution in [3.05, 3.63) is 61.2 Å². The smallest absolute Gasteiger partial charge is 0.333 e. The average Bonchev–Trinajstić information content (AvgIpc) is 2.64. The van der Waals surface area contributed by atoms with Gasteiger partial charge in [-0.1, -0.05) is 34.0 Å². The molecule has 0 radical (unpaired) electrons. The van der Waals surface area contributed by atoms with Gasteiger partial charge in [0.1, 0.15) is 11.5 Å². The van der Waals surface area contributed by atoms with E-state index >= 15 is 0 Å². The highest BCUT2D eigenvalue weighted by Gasteiger charge is 2.17. The molecule has 0 spiro atoms. The fourth-order valence-corrected chi connectivity index (χ4v) is 2.74. The number of carbonyl (C=O) groups excluding carboxylic acids is 1. The summed E-state index contributed by atoms with van der Waals surface area (Å²) in [7, 11) is 0. The van der Waals surface area contributed by atoms with Gasteiger partial charge in [-0.05, 0) is 23.8 Å². The van der Waals surface area contributed by atoms with Gasteiger partial charge in [0.25, 0.3) is 5.56 Å². The number of nitrogens with two attached hydrogens (primary N) is 1. The highest BCUT2D eigenvalue weighted by molar-refractivity contribution is 9.10. The molecule has 1 heterocycles. The Morgan fingerprint density at radius 2 is 2.11 bits per heavy atom. The number of rotatable bonds is 6. The molecule has 0 aliphatic rings. The topological polar surface area (TPSA) is 119 Å². The van der Waals surface area contributed by atoms with E-state index in [-0.39, 0.29) is 31.2 Å². The van der Waals surface area contributed by atoms with E-state index in [4.69, 9.17) is 17.3 Å². The maximum absolute atomic E-state index is 12.5. The lowest BCUT2D eigenvalue weighted by Gasteiger charge is -2.15. The van der Waals surface area contributed by atoms with Gasteiger partial charge in [0, 0.05) is 10.5 Å². The largest absolute Gasteiger partial charge is 0.395 e. The van der Waals surface area contributed by atoms with Crippen molar-refractivity contribution in [3.63, 3.8) is 0 Å². The highest BCUT2D eigenvalue weighted by atomic mass is 79.9. The quantitative estimate of drug-likeness (QED) is 0.456. The summed E-state index contributed by atoms with van der Waals surface area (Å²) in [4.78, 5) is 37.0. The number of nitrogens with zero attached hydrogens (tertiary/aromatic N) is 2. The van der Waals surface area contributed by atoms with Crippen LogP contribution >= 0.6 is 15.9 Å². The molecule has 0 unspecified atom stereocenters. The van der Waals surface area contributed by atoms with E-state index in [1.807, 2.05) is 12.1 Å². The number of hydrogen-bond acceptors (Lipinski definition) is 5. The SMILES string of the molecule is C#CCn1c(=O)c(NC(=O)/C=C/c2cccc(Br)c2)c(N)n(CCO)c1=O. The van der Waals surface area contributed by atoms with Crippen molar-refractivity contribution in [2.24, 2.45) is 0 Å². The number of amides is 1. The molecular formula is C18H17BrN4O4. The predicted molar refractivity (Wildman–Crippen MR) is 107 cm³/mol. The minimum Gasteiger partial charge on any atom is -0.395 e. The minimum absolute atomic E-state index is 0.147. The molecule has 9 heteroatoms. The van der Waals surface area contributed by atoms with Crippen LogP contribution in [-0.2, 0) is 17.9 Å². The molecule has 140 valence electrons. The summed E-state index contributed by atoms with van der Waals surface area (Å²) < 4.78 is 2.59. The molecule has 0 bridgehead atoms. The summed E-state index contributed by atoms with van der Waals surface area (Å²) in [5.41, 5.74) is 4.78. The second-order valence-corrected chi connectivity index (χ2v) is 6.31. The van der Waals surface area contributed by atoms with Gasteiger partial charge in [-0.3, -0.25) is 14.2 Å². The fourth-order valence-electron chi connectivity index (χ4n) is 2.33. The van der Waals surface area contributed by atoms with Crippen LogP contribution < -0.4 is 22.3 Å². The van der Waals surface area contributed by atoms with Crippen molar-refractivity contribution >= 4 is 39.4 Å². The molecule has 8 nitrogen and oxygen atoms in total. The molecule has 0 aliphatic heterocycles. The van der Waals surface area contributed by atoms with Crippen LogP contribution in [0.1, 0.15) is 5.56 Å². The van der Waals surface area contributed by atoms with Crippen LogP contribution in [0.25, 0.3) is 6.08 Å². The third kappa shape index (κ3) is 4.75. The second kappa shape index (κ2) is 9.02. The van der Waals surface area contributed by atoms with Crippen LogP contribution in [0, 0.1) is 12.3 Å². The lowest BCUT2D eigenvalue weighted by molar-refractivity contribution is -0.111. The summed E-state index contributed by atoms with van der Waals surface area (Å²) in [5, 5.41) is 11.5. The van der Waals surface area contributed by atoms with Gasteiger partial charge in [-0.25, -0.2) is 9.36 Å². The van der Waals surface area contributed by atoms with E-state index in [2.05, 4.69) is 27.2 Å². The van der Waals surface area contributed by atoms with Crippen molar-refractivity contribution < 1.29 is 9.90 Å². The molecule has 0 atom stereocenters. The molecule has 1 amide bonds. The Kier molecular flexibility index (Phi) is 6.76. The lowest BCUT2D eigenvalue weighted by atomic mass is 10.2. The third-order valence-electron chi connectivity index (χ3n) is 3.56. The molecule has 2 aromatic rings. The number of aliphatic hydroxyl groups excluding tert-OH is 1. The van der Waals surface area contributed by atoms with E-state index < -0.39 is 17.2 Å².